The second-order valence-electron chi connectivity index (χ2n) is 5.86. The number of amides is 2. The molecule has 0 aliphatic carbocycles. The zero-order chi connectivity index (χ0) is 21.0. The molecule has 0 spiro atoms. The Labute approximate surface area is 180 Å². The lowest BCUT2D eigenvalue weighted by molar-refractivity contribution is -0.139. The number of thiophene rings is 1. The van der Waals surface area contributed by atoms with Gasteiger partial charge in [-0.2, -0.15) is 0 Å². The van der Waals surface area contributed by atoms with Crippen molar-refractivity contribution in [1.82, 2.24) is 10.6 Å². The summed E-state index contributed by atoms with van der Waals surface area (Å²) in [7, 11) is 0. The Kier molecular flexibility index (Phi) is 6.79. The fourth-order valence-corrected chi connectivity index (χ4v) is 3.87. The first-order valence-corrected chi connectivity index (χ1v) is 10.2. The summed E-state index contributed by atoms with van der Waals surface area (Å²) in [6.45, 7) is 1.47. The van der Waals surface area contributed by atoms with Crippen LogP contribution in [0.2, 0.25) is 10.0 Å². The van der Waals surface area contributed by atoms with E-state index < -0.39 is 24.0 Å². The molecule has 3 rings (SSSR count). The summed E-state index contributed by atoms with van der Waals surface area (Å²) < 4.78 is 10.4. The number of nitrogens with one attached hydrogen (secondary N) is 2. The molecule has 1 unspecified atom stereocenters. The van der Waals surface area contributed by atoms with Crippen LogP contribution in [0.5, 0.6) is 0 Å². The van der Waals surface area contributed by atoms with Gasteiger partial charge < -0.3 is 20.1 Å². The monoisotopic (exact) mass is 454 g/mol. The summed E-state index contributed by atoms with van der Waals surface area (Å²) in [6, 6.07) is 6.74. The van der Waals surface area contributed by atoms with Gasteiger partial charge >= 0.3 is 18.0 Å². The van der Waals surface area contributed by atoms with E-state index in [2.05, 4.69) is 10.6 Å². The third-order valence-corrected chi connectivity index (χ3v) is 5.47. The van der Waals surface area contributed by atoms with E-state index in [-0.39, 0.29) is 35.1 Å². The molecule has 0 saturated carbocycles. The second kappa shape index (κ2) is 9.30. The maximum absolute atomic E-state index is 12.6. The van der Waals surface area contributed by atoms with Crippen LogP contribution in [0.15, 0.2) is 47.0 Å². The number of carbonyl (C=O) groups excluding carboxylic acids is 3. The van der Waals surface area contributed by atoms with Crippen molar-refractivity contribution in [3.05, 3.63) is 67.5 Å². The zero-order valence-electron chi connectivity index (χ0n) is 15.2. The Morgan fingerprint density at radius 1 is 1.17 bits per heavy atom. The number of rotatable bonds is 6. The van der Waals surface area contributed by atoms with E-state index in [0.717, 1.165) is 4.88 Å². The molecule has 0 fully saturated rings. The van der Waals surface area contributed by atoms with Crippen molar-refractivity contribution in [3.8, 4) is 0 Å². The van der Waals surface area contributed by atoms with Gasteiger partial charge in [0.05, 0.1) is 34.5 Å². The highest BCUT2D eigenvalue weighted by Crippen LogP contribution is 2.31. The first kappa shape index (κ1) is 21.2. The minimum atomic E-state index is -0.742. The average molecular weight is 455 g/mol. The molecule has 7 nitrogen and oxygen atoms in total. The molecule has 0 bridgehead atoms. The molecule has 29 heavy (non-hydrogen) atoms. The Morgan fingerprint density at radius 3 is 2.66 bits per heavy atom. The van der Waals surface area contributed by atoms with Gasteiger partial charge in [-0.3, -0.25) is 0 Å². The van der Waals surface area contributed by atoms with Crippen molar-refractivity contribution < 1.29 is 23.9 Å². The van der Waals surface area contributed by atoms with Crippen LogP contribution in [-0.4, -0.2) is 31.2 Å². The summed E-state index contributed by atoms with van der Waals surface area (Å²) in [5, 5.41) is 7.54. The molecule has 1 aliphatic heterocycles. The summed E-state index contributed by atoms with van der Waals surface area (Å²) in [5.41, 5.74) is 0.378. The van der Waals surface area contributed by atoms with Crippen LogP contribution in [-0.2, 0) is 14.3 Å². The van der Waals surface area contributed by atoms with Crippen LogP contribution in [0.1, 0.15) is 28.2 Å². The smallest absolute Gasteiger partial charge is 0.340 e. The molecular formula is C19H16Cl2N2O5S. The first-order valence-electron chi connectivity index (χ1n) is 8.54. The Balaban J connectivity index is 1.90. The van der Waals surface area contributed by atoms with Gasteiger partial charge in [0, 0.05) is 9.90 Å². The highest BCUT2D eigenvalue weighted by atomic mass is 35.5. The second-order valence-corrected chi connectivity index (χ2v) is 7.68. The van der Waals surface area contributed by atoms with Crippen LogP contribution < -0.4 is 10.6 Å². The first-order chi connectivity index (χ1) is 13.9. The topological polar surface area (TPSA) is 93.7 Å². The van der Waals surface area contributed by atoms with E-state index in [1.54, 1.807) is 25.1 Å². The quantitative estimate of drug-likeness (QED) is 0.641. The summed E-state index contributed by atoms with van der Waals surface area (Å²) in [5.74, 6) is -1.36. The van der Waals surface area contributed by atoms with E-state index >= 15 is 0 Å². The van der Waals surface area contributed by atoms with Crippen molar-refractivity contribution in [3.63, 3.8) is 0 Å². The Hall–Kier alpha value is -2.55. The number of urea groups is 1. The molecule has 2 heterocycles. The van der Waals surface area contributed by atoms with Gasteiger partial charge in [-0.1, -0.05) is 29.3 Å². The van der Waals surface area contributed by atoms with Gasteiger partial charge in [0.25, 0.3) is 0 Å². The number of ether oxygens (including phenoxy) is 2. The lowest BCUT2D eigenvalue weighted by Crippen LogP contribution is -2.46. The van der Waals surface area contributed by atoms with E-state index in [4.69, 9.17) is 32.7 Å². The number of benzene rings is 1. The molecule has 0 saturated heterocycles. The molecule has 1 aromatic carbocycles. The molecule has 0 radical (unpaired) electrons. The van der Waals surface area contributed by atoms with Crippen LogP contribution in [0, 0.1) is 0 Å². The highest BCUT2D eigenvalue weighted by molar-refractivity contribution is 7.10. The SMILES string of the molecule is CCOC(=O)C1=C(COC(=O)c2cc(Cl)ccc2Cl)NC(=O)NC1c1cccs1. The van der Waals surface area contributed by atoms with Crippen LogP contribution in [0.25, 0.3) is 0 Å². The molecule has 1 atom stereocenters. The number of carbonyl (C=O) groups is 3. The van der Waals surface area contributed by atoms with Crippen LogP contribution >= 0.6 is 34.5 Å². The van der Waals surface area contributed by atoms with E-state index in [1.807, 2.05) is 5.38 Å². The normalized spacial score (nSPS) is 16.1. The van der Waals surface area contributed by atoms with Crippen molar-refractivity contribution in [2.45, 2.75) is 13.0 Å². The lowest BCUT2D eigenvalue weighted by Gasteiger charge is -2.28. The van der Waals surface area contributed by atoms with Gasteiger partial charge in [0.1, 0.15) is 6.61 Å². The average Bonchev–Trinajstić information content (AvgIpc) is 3.22. The molecule has 2 aromatic rings. The molecule has 2 N–H and O–H groups in total. The van der Waals surface area contributed by atoms with Crippen molar-refractivity contribution in [2.24, 2.45) is 0 Å². The molecule has 152 valence electrons. The maximum atomic E-state index is 12.6. The number of halogens is 2. The van der Waals surface area contributed by atoms with Gasteiger partial charge in [-0.25, -0.2) is 14.4 Å². The van der Waals surface area contributed by atoms with E-state index in [9.17, 15) is 14.4 Å². The molecule has 1 aliphatic rings. The van der Waals surface area contributed by atoms with Crippen molar-refractivity contribution in [2.75, 3.05) is 13.2 Å². The van der Waals surface area contributed by atoms with Gasteiger partial charge in [-0.15, -0.1) is 11.3 Å². The lowest BCUT2D eigenvalue weighted by atomic mass is 10.0. The molecule has 2 amide bonds. The number of hydrogen-bond donors (Lipinski definition) is 2. The van der Waals surface area contributed by atoms with Crippen molar-refractivity contribution in [1.29, 1.82) is 0 Å². The molecule has 10 heteroatoms. The molecular weight excluding hydrogens is 439 g/mol. The molecule has 1 aromatic heterocycles. The zero-order valence-corrected chi connectivity index (χ0v) is 17.5. The van der Waals surface area contributed by atoms with Crippen molar-refractivity contribution >= 4 is 52.5 Å². The summed E-state index contributed by atoms with van der Waals surface area (Å²) >= 11 is 13.3. The largest absolute Gasteiger partial charge is 0.463 e. The highest BCUT2D eigenvalue weighted by Gasteiger charge is 2.34. The van der Waals surface area contributed by atoms with Gasteiger partial charge in [0.15, 0.2) is 0 Å². The number of hydrogen-bond acceptors (Lipinski definition) is 6. The fourth-order valence-electron chi connectivity index (χ4n) is 2.72. The Morgan fingerprint density at radius 2 is 1.97 bits per heavy atom. The maximum Gasteiger partial charge on any atom is 0.340 e. The fraction of sp³-hybridized carbons (Fsp3) is 0.211. The van der Waals surface area contributed by atoms with Crippen LogP contribution in [0.3, 0.4) is 0 Å². The summed E-state index contributed by atoms with van der Waals surface area (Å²) in [6.07, 6.45) is 0. The van der Waals surface area contributed by atoms with Gasteiger partial charge in [0.2, 0.25) is 0 Å². The standard InChI is InChI=1S/C19H16Cl2N2O5S/c1-2-27-18(25)15-13(22-19(26)23-16(15)14-4-3-7-29-14)9-28-17(24)11-8-10(20)5-6-12(11)21/h3-8,16H,2,9H2,1H3,(H2,22,23,26). The number of esters is 2. The minimum Gasteiger partial charge on any atom is -0.463 e. The predicted molar refractivity (Wildman–Crippen MR) is 109 cm³/mol. The van der Waals surface area contributed by atoms with Crippen LogP contribution in [0.4, 0.5) is 4.79 Å². The summed E-state index contributed by atoms with van der Waals surface area (Å²) in [4.78, 5) is 37.9. The third kappa shape index (κ3) is 4.90. The van der Waals surface area contributed by atoms with Gasteiger partial charge in [-0.05, 0) is 36.6 Å². The minimum absolute atomic E-state index is 0.0764. The van der Waals surface area contributed by atoms with E-state index in [1.165, 1.54) is 23.5 Å². The van der Waals surface area contributed by atoms with E-state index in [0.29, 0.717) is 5.02 Å². The third-order valence-electron chi connectivity index (χ3n) is 3.97. The Bertz CT molecular complexity index is 975. The predicted octanol–water partition coefficient (Wildman–Crippen LogP) is 4.08.